The highest BCUT2D eigenvalue weighted by Gasteiger charge is 2.41. The van der Waals surface area contributed by atoms with Crippen LogP contribution in [0.3, 0.4) is 0 Å². The van der Waals surface area contributed by atoms with Gasteiger partial charge in [-0.25, -0.2) is 5.01 Å². The number of para-hydroxylation sites is 2. The summed E-state index contributed by atoms with van der Waals surface area (Å²) in [5.41, 5.74) is 3.93. The lowest BCUT2D eigenvalue weighted by Crippen LogP contribution is -2.33. The van der Waals surface area contributed by atoms with E-state index >= 15 is 0 Å². The summed E-state index contributed by atoms with van der Waals surface area (Å²) in [7, 11) is 0. The summed E-state index contributed by atoms with van der Waals surface area (Å²) in [5.74, 6) is 1.18. The first kappa shape index (κ1) is 14.5. The van der Waals surface area contributed by atoms with Gasteiger partial charge < -0.3 is 9.84 Å². The Morgan fingerprint density at radius 2 is 1.92 bits per heavy atom. The van der Waals surface area contributed by atoms with E-state index in [9.17, 15) is 5.11 Å². The van der Waals surface area contributed by atoms with E-state index in [1.54, 1.807) is 17.4 Å². The van der Waals surface area contributed by atoms with Gasteiger partial charge in [0.15, 0.2) is 0 Å². The van der Waals surface area contributed by atoms with Crippen molar-refractivity contribution in [1.29, 1.82) is 0 Å². The third-order valence-corrected chi connectivity index (χ3v) is 5.44. The number of hydrazone groups is 1. The lowest BCUT2D eigenvalue weighted by molar-refractivity contribution is -0.0187. The fraction of sp³-hybridized carbons (Fsp3) is 0.150. The van der Waals surface area contributed by atoms with Crippen LogP contribution in [-0.2, 0) is 0 Å². The second kappa shape index (κ2) is 5.63. The first-order chi connectivity index (χ1) is 12.3. The molecule has 25 heavy (non-hydrogen) atoms. The van der Waals surface area contributed by atoms with E-state index in [2.05, 4.69) is 22.9 Å². The number of nitrogens with zero attached hydrogens (tertiary/aromatic N) is 2. The third kappa shape index (κ3) is 2.31. The molecule has 4 nitrogen and oxygen atoms in total. The van der Waals surface area contributed by atoms with E-state index in [1.807, 2.05) is 41.4 Å². The third-order valence-electron chi connectivity index (χ3n) is 4.74. The van der Waals surface area contributed by atoms with Crippen molar-refractivity contribution >= 4 is 17.0 Å². The molecular formula is C20H16N2O2S. The molecule has 0 saturated carbocycles. The zero-order valence-corrected chi connectivity index (χ0v) is 14.2. The standard InChI is InChI=1S/C20H16N2O2S/c23-18-7-3-1-5-14(18)16-11-17-15-6-2-4-8-19(15)24-20(22(17)21-16)13-9-10-25-12-13/h1-10,12,17,20,23H,11H2/t17-,20+/m1/s1. The van der Waals surface area contributed by atoms with Gasteiger partial charge in [0, 0.05) is 23.1 Å². The van der Waals surface area contributed by atoms with Crippen molar-refractivity contribution in [1.82, 2.24) is 5.01 Å². The summed E-state index contributed by atoms with van der Waals surface area (Å²) in [5, 5.41) is 21.3. The van der Waals surface area contributed by atoms with Crippen molar-refractivity contribution in [2.45, 2.75) is 18.7 Å². The van der Waals surface area contributed by atoms with Crippen LogP contribution in [0.2, 0.25) is 0 Å². The Morgan fingerprint density at radius 3 is 2.76 bits per heavy atom. The number of hydrogen-bond donors (Lipinski definition) is 1. The summed E-state index contributed by atoms with van der Waals surface area (Å²) in [6, 6.07) is 17.7. The summed E-state index contributed by atoms with van der Waals surface area (Å²) < 4.78 is 6.27. The number of phenolic OH excluding ortho intramolecular Hbond substituents is 1. The summed E-state index contributed by atoms with van der Waals surface area (Å²) in [4.78, 5) is 0. The molecule has 2 aromatic carbocycles. The van der Waals surface area contributed by atoms with Gasteiger partial charge in [-0.3, -0.25) is 0 Å². The van der Waals surface area contributed by atoms with Crippen LogP contribution in [0, 0.1) is 0 Å². The number of ether oxygens (including phenoxy) is 1. The Hall–Kier alpha value is -2.79. The van der Waals surface area contributed by atoms with Crippen molar-refractivity contribution in [3.63, 3.8) is 0 Å². The van der Waals surface area contributed by atoms with Gasteiger partial charge in [0.05, 0.1) is 11.8 Å². The summed E-state index contributed by atoms with van der Waals surface area (Å²) >= 11 is 1.65. The number of benzene rings is 2. The molecule has 2 aliphatic rings. The molecule has 5 rings (SSSR count). The van der Waals surface area contributed by atoms with Crippen molar-refractivity contribution in [2.75, 3.05) is 0 Å². The van der Waals surface area contributed by atoms with Crippen molar-refractivity contribution in [3.8, 4) is 11.5 Å². The predicted octanol–water partition coefficient (Wildman–Crippen LogP) is 4.70. The van der Waals surface area contributed by atoms with E-state index in [0.717, 1.165) is 34.6 Å². The monoisotopic (exact) mass is 348 g/mol. The van der Waals surface area contributed by atoms with E-state index in [1.165, 1.54) is 0 Å². The van der Waals surface area contributed by atoms with E-state index in [-0.39, 0.29) is 18.0 Å². The van der Waals surface area contributed by atoms with Crippen molar-refractivity contribution in [2.24, 2.45) is 5.10 Å². The average Bonchev–Trinajstić information content (AvgIpc) is 3.31. The molecule has 1 aromatic heterocycles. The molecule has 2 aliphatic heterocycles. The van der Waals surface area contributed by atoms with Gasteiger partial charge in [-0.05, 0) is 35.0 Å². The zero-order valence-electron chi connectivity index (χ0n) is 13.4. The molecule has 0 aliphatic carbocycles. The molecule has 3 heterocycles. The van der Waals surface area contributed by atoms with Crippen LogP contribution in [0.5, 0.6) is 11.5 Å². The Morgan fingerprint density at radius 1 is 1.08 bits per heavy atom. The Labute approximate surface area is 149 Å². The largest absolute Gasteiger partial charge is 0.507 e. The van der Waals surface area contributed by atoms with Crippen LogP contribution in [0.15, 0.2) is 70.5 Å². The fourth-order valence-electron chi connectivity index (χ4n) is 3.55. The highest BCUT2D eigenvalue weighted by Crippen LogP contribution is 2.48. The molecule has 3 aromatic rings. The van der Waals surface area contributed by atoms with Gasteiger partial charge in [-0.2, -0.15) is 16.4 Å². The summed E-state index contributed by atoms with van der Waals surface area (Å²) in [6.07, 6.45) is 0.507. The Balaban J connectivity index is 1.62. The normalized spacial score (nSPS) is 21.3. The van der Waals surface area contributed by atoms with Crippen molar-refractivity contribution in [3.05, 3.63) is 82.0 Å². The van der Waals surface area contributed by atoms with Crippen LogP contribution < -0.4 is 4.74 Å². The number of aromatic hydroxyl groups is 1. The van der Waals surface area contributed by atoms with Gasteiger partial charge in [0.25, 0.3) is 0 Å². The van der Waals surface area contributed by atoms with Crippen LogP contribution in [0.1, 0.15) is 35.4 Å². The maximum absolute atomic E-state index is 10.2. The predicted molar refractivity (Wildman–Crippen MR) is 98.0 cm³/mol. The van der Waals surface area contributed by atoms with Gasteiger partial charge in [0.1, 0.15) is 11.5 Å². The maximum atomic E-state index is 10.2. The zero-order chi connectivity index (χ0) is 16.8. The lowest BCUT2D eigenvalue weighted by Gasteiger charge is -2.37. The number of thiophene rings is 1. The van der Waals surface area contributed by atoms with Gasteiger partial charge in [0.2, 0.25) is 6.23 Å². The number of fused-ring (bicyclic) bond motifs is 3. The number of hydrogen-bond acceptors (Lipinski definition) is 5. The van der Waals surface area contributed by atoms with Crippen molar-refractivity contribution < 1.29 is 9.84 Å². The van der Waals surface area contributed by atoms with E-state index in [0.29, 0.717) is 0 Å². The molecule has 0 fully saturated rings. The Bertz CT molecular complexity index is 952. The number of phenols is 1. The SMILES string of the molecule is Oc1ccccc1C1=NN2[C@H](C1)c1ccccc1O[C@H]2c1ccsc1. The second-order valence-electron chi connectivity index (χ2n) is 6.23. The quantitative estimate of drug-likeness (QED) is 0.730. The van der Waals surface area contributed by atoms with E-state index < -0.39 is 0 Å². The van der Waals surface area contributed by atoms with E-state index in [4.69, 9.17) is 9.84 Å². The van der Waals surface area contributed by atoms with Crippen LogP contribution in [0.25, 0.3) is 0 Å². The molecule has 0 saturated heterocycles. The minimum Gasteiger partial charge on any atom is -0.507 e. The minimum absolute atomic E-state index is 0.115. The molecule has 0 spiro atoms. The maximum Gasteiger partial charge on any atom is 0.214 e. The van der Waals surface area contributed by atoms with Gasteiger partial charge in [-0.15, -0.1) is 0 Å². The van der Waals surface area contributed by atoms with Crippen LogP contribution >= 0.6 is 11.3 Å². The second-order valence-corrected chi connectivity index (χ2v) is 7.01. The highest BCUT2D eigenvalue weighted by atomic mass is 32.1. The average molecular weight is 348 g/mol. The molecule has 1 N–H and O–H groups in total. The van der Waals surface area contributed by atoms with Gasteiger partial charge in [-0.1, -0.05) is 30.3 Å². The summed E-state index contributed by atoms with van der Waals surface area (Å²) in [6.45, 7) is 0. The molecule has 0 bridgehead atoms. The molecule has 0 amide bonds. The topological polar surface area (TPSA) is 45.1 Å². The fourth-order valence-corrected chi connectivity index (χ4v) is 4.22. The minimum atomic E-state index is -0.241. The number of rotatable bonds is 2. The molecule has 124 valence electrons. The Kier molecular flexibility index (Phi) is 3.28. The first-order valence-corrected chi connectivity index (χ1v) is 9.17. The highest BCUT2D eigenvalue weighted by molar-refractivity contribution is 7.07. The lowest BCUT2D eigenvalue weighted by atomic mass is 9.96. The molecule has 5 heteroatoms. The first-order valence-electron chi connectivity index (χ1n) is 8.23. The smallest absolute Gasteiger partial charge is 0.214 e. The molecular weight excluding hydrogens is 332 g/mol. The van der Waals surface area contributed by atoms with Crippen LogP contribution in [-0.4, -0.2) is 15.8 Å². The molecule has 0 unspecified atom stereocenters. The van der Waals surface area contributed by atoms with Gasteiger partial charge >= 0.3 is 0 Å². The molecule has 0 radical (unpaired) electrons. The van der Waals surface area contributed by atoms with Crippen LogP contribution in [0.4, 0.5) is 0 Å². The molecule has 2 atom stereocenters.